The fourth-order valence-electron chi connectivity index (χ4n) is 9.14. The van der Waals surface area contributed by atoms with E-state index in [2.05, 4.69) is 72.8 Å². The minimum atomic E-state index is -0.791. The monoisotopic (exact) mass is 1000 g/mol. The number of hydrogen-bond donors (Lipinski definition) is 0. The first kappa shape index (κ1) is 52.4. The van der Waals surface area contributed by atoms with Gasteiger partial charge >= 0.3 is 0 Å². The molecule has 2 aliphatic rings. The third kappa shape index (κ3) is 15.5. The summed E-state index contributed by atoms with van der Waals surface area (Å²) in [6, 6.07) is 71.1. The average Bonchev–Trinajstić information content (AvgIpc) is 3.45. The van der Waals surface area contributed by atoms with Crippen LogP contribution in [0.5, 0.6) is 0 Å². The lowest BCUT2D eigenvalue weighted by Crippen LogP contribution is -2.62. The van der Waals surface area contributed by atoms with E-state index in [0.29, 0.717) is 52.0 Å². The molecular formula is C62H66O10S. The van der Waals surface area contributed by atoms with E-state index in [0.717, 1.165) is 38.9 Å². The molecule has 0 spiro atoms. The van der Waals surface area contributed by atoms with E-state index in [1.807, 2.05) is 140 Å². The number of rotatable bonds is 26. The third-order valence-corrected chi connectivity index (χ3v) is 14.2. The molecule has 11 heteroatoms. The molecule has 7 aromatic rings. The van der Waals surface area contributed by atoms with Crippen molar-refractivity contribution >= 4 is 11.8 Å². The molecule has 0 N–H and O–H groups in total. The summed E-state index contributed by atoms with van der Waals surface area (Å²) in [7, 11) is 1.65. The molecule has 0 bridgehead atoms. The number of methoxy groups -OCH3 is 1. The van der Waals surface area contributed by atoms with Crippen molar-refractivity contribution in [2.75, 3.05) is 19.5 Å². The number of hydrogen-bond acceptors (Lipinski definition) is 11. The highest BCUT2D eigenvalue weighted by Gasteiger charge is 2.52. The Balaban J connectivity index is 1.05. The second-order valence-electron chi connectivity index (χ2n) is 18.2. The first-order chi connectivity index (χ1) is 36.2. The minimum Gasteiger partial charge on any atom is -0.374 e. The predicted molar refractivity (Wildman–Crippen MR) is 283 cm³/mol. The van der Waals surface area contributed by atoms with Crippen LogP contribution in [0, 0.1) is 0 Å². The van der Waals surface area contributed by atoms with E-state index in [-0.39, 0.29) is 6.61 Å². The Kier molecular flexibility index (Phi) is 20.3. The smallest absolute Gasteiger partial charge is 0.186 e. The maximum absolute atomic E-state index is 7.28. The van der Waals surface area contributed by atoms with Gasteiger partial charge in [0.25, 0.3) is 0 Å². The first-order valence-corrected chi connectivity index (χ1v) is 26.2. The molecule has 10 nitrogen and oxygen atoms in total. The van der Waals surface area contributed by atoms with E-state index < -0.39 is 60.6 Å². The summed E-state index contributed by atoms with van der Waals surface area (Å²) in [6.07, 6.45) is -5.54. The molecule has 2 aliphatic heterocycles. The summed E-state index contributed by atoms with van der Waals surface area (Å²) in [4.78, 5) is 0. The lowest BCUT2D eigenvalue weighted by atomic mass is 9.98. The van der Waals surface area contributed by atoms with Gasteiger partial charge in [0.15, 0.2) is 6.29 Å². The van der Waals surface area contributed by atoms with Gasteiger partial charge in [-0.3, -0.25) is 0 Å². The quantitative estimate of drug-likeness (QED) is 0.0519. The van der Waals surface area contributed by atoms with Crippen molar-refractivity contribution in [3.8, 4) is 0 Å². The molecule has 2 fully saturated rings. The van der Waals surface area contributed by atoms with Crippen molar-refractivity contribution < 1.29 is 47.4 Å². The Morgan fingerprint density at radius 2 is 0.630 bits per heavy atom. The summed E-state index contributed by atoms with van der Waals surface area (Å²) >= 11 is 1.59. The summed E-state index contributed by atoms with van der Waals surface area (Å²) in [5, 5.41) is 0. The van der Waals surface area contributed by atoms with Crippen LogP contribution in [0.4, 0.5) is 0 Å². The fourth-order valence-corrected chi connectivity index (χ4v) is 10.4. The lowest BCUT2D eigenvalue weighted by molar-refractivity contribution is -0.313. The highest BCUT2D eigenvalue weighted by Crippen LogP contribution is 2.39. The molecule has 73 heavy (non-hydrogen) atoms. The maximum Gasteiger partial charge on any atom is 0.186 e. The van der Waals surface area contributed by atoms with Crippen LogP contribution in [-0.2, 0) is 93.6 Å². The van der Waals surface area contributed by atoms with Crippen molar-refractivity contribution in [1.29, 1.82) is 0 Å². The molecule has 380 valence electrons. The van der Waals surface area contributed by atoms with Crippen LogP contribution in [0.15, 0.2) is 212 Å². The largest absolute Gasteiger partial charge is 0.374 e. The summed E-state index contributed by atoms with van der Waals surface area (Å²) < 4.78 is 68.9. The zero-order valence-electron chi connectivity index (χ0n) is 41.3. The Hall–Kier alpha value is -5.51. The van der Waals surface area contributed by atoms with E-state index in [1.54, 1.807) is 18.9 Å². The zero-order chi connectivity index (χ0) is 49.7. The molecule has 0 radical (unpaired) electrons. The number of thioether (sulfide) groups is 1. The molecule has 2 heterocycles. The van der Waals surface area contributed by atoms with E-state index >= 15 is 0 Å². The van der Waals surface area contributed by atoms with Crippen LogP contribution in [0.1, 0.15) is 38.9 Å². The number of ether oxygens (including phenoxy) is 10. The highest BCUT2D eigenvalue weighted by molar-refractivity contribution is 7.99. The second-order valence-corrected chi connectivity index (χ2v) is 19.4. The van der Waals surface area contributed by atoms with Crippen molar-refractivity contribution in [1.82, 2.24) is 0 Å². The minimum absolute atomic E-state index is 0.242. The van der Waals surface area contributed by atoms with Gasteiger partial charge < -0.3 is 47.4 Å². The van der Waals surface area contributed by atoms with Crippen LogP contribution in [0.2, 0.25) is 0 Å². The first-order valence-electron chi connectivity index (χ1n) is 25.2. The molecule has 2 saturated heterocycles. The van der Waals surface area contributed by atoms with Gasteiger partial charge in [0.05, 0.1) is 59.0 Å². The van der Waals surface area contributed by atoms with Crippen LogP contribution in [-0.4, -0.2) is 80.0 Å². The standard InChI is InChI=1S/C62H66O10S/c1-63-61-59(69-42-51-33-19-7-20-34-51)57(67-40-49-29-15-5-16-30-49)56(66-39-48-27-13-4-14-28-48)54(71-61)45-73-62-60(70-43-52-35-21-8-22-36-52)58(68-41-50-31-17-6-18-32-50)55(65-38-47-25-11-3-12-26-47)53(72-62)44-64-37-46-23-9-2-10-24-46/h2-36,53-62H,37-45H2,1H3/t53-,54-,55+,56-,57+,58+,59-,60-,61+,62+/m1/s1. The molecule has 0 unspecified atom stereocenters. The molecule has 0 amide bonds. The maximum atomic E-state index is 7.28. The van der Waals surface area contributed by atoms with Crippen LogP contribution in [0.25, 0.3) is 0 Å². The van der Waals surface area contributed by atoms with Crippen molar-refractivity contribution in [2.45, 2.75) is 107 Å². The van der Waals surface area contributed by atoms with E-state index in [4.69, 9.17) is 47.4 Å². The fraction of sp³-hybridized carbons (Fsp3) is 0.323. The predicted octanol–water partition coefficient (Wildman–Crippen LogP) is 11.5. The van der Waals surface area contributed by atoms with Gasteiger partial charge in [-0.15, -0.1) is 11.8 Å². The summed E-state index contributed by atoms with van der Waals surface area (Å²) in [5.41, 5.74) is 6.64. The molecule has 0 saturated carbocycles. The Morgan fingerprint density at radius 3 is 1.00 bits per heavy atom. The van der Waals surface area contributed by atoms with Gasteiger partial charge in [-0.1, -0.05) is 212 Å². The van der Waals surface area contributed by atoms with Gasteiger partial charge in [0, 0.05) is 12.9 Å². The third-order valence-electron chi connectivity index (χ3n) is 12.9. The van der Waals surface area contributed by atoms with Crippen LogP contribution >= 0.6 is 11.8 Å². The summed E-state index contributed by atoms with van der Waals surface area (Å²) in [6.45, 7) is 2.61. The summed E-state index contributed by atoms with van der Waals surface area (Å²) in [5.74, 6) is 0.407. The second kappa shape index (κ2) is 28.2. The topological polar surface area (TPSA) is 92.3 Å². The molecule has 10 atom stereocenters. The molecule has 0 aromatic heterocycles. The van der Waals surface area contributed by atoms with Gasteiger partial charge in [-0.05, 0) is 38.9 Å². The van der Waals surface area contributed by atoms with E-state index in [1.165, 1.54) is 0 Å². The lowest BCUT2D eigenvalue weighted by Gasteiger charge is -2.48. The van der Waals surface area contributed by atoms with Gasteiger partial charge in [0.2, 0.25) is 0 Å². The normalized spacial score (nSPS) is 24.0. The van der Waals surface area contributed by atoms with Crippen LogP contribution in [0.3, 0.4) is 0 Å². The Morgan fingerprint density at radius 1 is 0.329 bits per heavy atom. The van der Waals surface area contributed by atoms with Crippen LogP contribution < -0.4 is 0 Å². The average molecular weight is 1000 g/mol. The van der Waals surface area contributed by atoms with E-state index in [9.17, 15) is 0 Å². The molecule has 7 aromatic carbocycles. The molecular weight excluding hydrogens is 937 g/mol. The van der Waals surface area contributed by atoms with Gasteiger partial charge in [-0.25, -0.2) is 0 Å². The Bertz CT molecular complexity index is 2570. The van der Waals surface area contributed by atoms with Gasteiger partial charge in [0.1, 0.15) is 48.2 Å². The Labute approximate surface area is 434 Å². The molecule has 0 aliphatic carbocycles. The van der Waals surface area contributed by atoms with Crippen molar-refractivity contribution in [2.24, 2.45) is 0 Å². The van der Waals surface area contributed by atoms with Gasteiger partial charge in [-0.2, -0.15) is 0 Å². The number of benzene rings is 7. The van der Waals surface area contributed by atoms with Crippen molar-refractivity contribution in [3.05, 3.63) is 251 Å². The van der Waals surface area contributed by atoms with Crippen molar-refractivity contribution in [3.63, 3.8) is 0 Å². The molecule has 9 rings (SSSR count). The zero-order valence-corrected chi connectivity index (χ0v) is 42.2. The highest BCUT2D eigenvalue weighted by atomic mass is 32.2. The SMILES string of the molecule is CO[C@H]1O[C@H](CS[C@@H]2O[C@H](COCc3ccccc3)[C@H](OCc3ccccc3)[C@H](OCc3ccccc3)[C@H]2OCc2ccccc2)[C@@H](OCc2ccccc2)[C@H](OCc2ccccc2)[C@H]1OCc1ccccc1.